The number of halogens is 1. The van der Waals surface area contributed by atoms with Crippen LogP contribution in [-0.2, 0) is 6.54 Å². The molecule has 0 aliphatic heterocycles. The Morgan fingerprint density at radius 1 is 1.41 bits per heavy atom. The zero-order chi connectivity index (χ0) is 12.1. The average Bonchev–Trinajstić information content (AvgIpc) is 2.81. The molecule has 0 bridgehead atoms. The molecule has 2 aromatic rings. The van der Waals surface area contributed by atoms with E-state index in [2.05, 4.69) is 15.5 Å². The van der Waals surface area contributed by atoms with Gasteiger partial charge in [0.05, 0.1) is 24.5 Å². The first-order chi connectivity index (χ1) is 8.29. The molecule has 0 amide bonds. The minimum Gasteiger partial charge on any atom is -0.492 e. The lowest BCUT2D eigenvalue weighted by Crippen LogP contribution is -2.03. The smallest absolute Gasteiger partial charge is 0.145 e. The van der Waals surface area contributed by atoms with Crippen LogP contribution in [0.3, 0.4) is 0 Å². The van der Waals surface area contributed by atoms with Gasteiger partial charge in [-0.2, -0.15) is 5.10 Å². The molecular formula is C12H14FN3O. The third-order valence-corrected chi connectivity index (χ3v) is 2.27. The quantitative estimate of drug-likeness (QED) is 0.837. The highest BCUT2D eigenvalue weighted by molar-refractivity contribution is 5.56. The van der Waals surface area contributed by atoms with Gasteiger partial charge in [-0.1, -0.05) is 0 Å². The van der Waals surface area contributed by atoms with E-state index in [0.717, 1.165) is 11.4 Å². The maximum Gasteiger partial charge on any atom is 0.145 e. The van der Waals surface area contributed by atoms with Crippen molar-refractivity contribution in [2.45, 2.75) is 13.5 Å². The summed E-state index contributed by atoms with van der Waals surface area (Å²) in [7, 11) is 0. The van der Waals surface area contributed by atoms with Crippen LogP contribution in [0.4, 0.5) is 10.1 Å². The molecule has 0 aliphatic rings. The first-order valence-electron chi connectivity index (χ1n) is 5.44. The van der Waals surface area contributed by atoms with Crippen molar-refractivity contribution in [3.63, 3.8) is 0 Å². The van der Waals surface area contributed by atoms with Gasteiger partial charge in [-0.25, -0.2) is 4.39 Å². The van der Waals surface area contributed by atoms with Gasteiger partial charge in [0, 0.05) is 12.3 Å². The normalized spacial score (nSPS) is 10.2. The van der Waals surface area contributed by atoms with Gasteiger partial charge in [0.25, 0.3) is 0 Å². The number of benzene rings is 1. The van der Waals surface area contributed by atoms with Gasteiger partial charge in [0.2, 0.25) is 0 Å². The molecule has 1 heterocycles. The zero-order valence-electron chi connectivity index (χ0n) is 9.53. The number of hydrogen-bond donors (Lipinski definition) is 2. The number of nitrogens with one attached hydrogen (secondary N) is 2. The summed E-state index contributed by atoms with van der Waals surface area (Å²) in [5.74, 6) is 0.215. The Kier molecular flexibility index (Phi) is 3.59. The third kappa shape index (κ3) is 2.96. The molecule has 17 heavy (non-hydrogen) atoms. The number of hydrogen-bond acceptors (Lipinski definition) is 3. The number of nitrogens with zero attached hydrogens (tertiary/aromatic N) is 1. The van der Waals surface area contributed by atoms with Crippen LogP contribution < -0.4 is 10.1 Å². The van der Waals surface area contributed by atoms with Crippen LogP contribution in [0.1, 0.15) is 12.6 Å². The molecule has 90 valence electrons. The molecule has 2 N–H and O–H groups in total. The predicted octanol–water partition coefficient (Wildman–Crippen LogP) is 2.56. The van der Waals surface area contributed by atoms with Crippen LogP contribution in [0.25, 0.3) is 0 Å². The molecule has 0 radical (unpaired) electrons. The summed E-state index contributed by atoms with van der Waals surface area (Å²) in [6.07, 6.45) is 1.69. The molecule has 0 atom stereocenters. The van der Waals surface area contributed by atoms with E-state index < -0.39 is 0 Å². The Morgan fingerprint density at radius 2 is 2.29 bits per heavy atom. The third-order valence-electron chi connectivity index (χ3n) is 2.27. The number of rotatable bonds is 5. The van der Waals surface area contributed by atoms with Crippen LogP contribution >= 0.6 is 0 Å². The molecule has 0 saturated carbocycles. The largest absolute Gasteiger partial charge is 0.492 e. The van der Waals surface area contributed by atoms with Crippen molar-refractivity contribution in [3.05, 3.63) is 42.0 Å². The summed E-state index contributed by atoms with van der Waals surface area (Å²) < 4.78 is 18.4. The van der Waals surface area contributed by atoms with Crippen LogP contribution in [0.2, 0.25) is 0 Å². The van der Waals surface area contributed by atoms with Crippen LogP contribution in [0.15, 0.2) is 30.5 Å². The Balaban J connectivity index is 2.08. The van der Waals surface area contributed by atoms with E-state index in [0.29, 0.717) is 18.9 Å². The van der Waals surface area contributed by atoms with E-state index in [1.165, 1.54) is 12.1 Å². The molecule has 0 unspecified atom stereocenters. The van der Waals surface area contributed by atoms with Gasteiger partial charge in [-0.3, -0.25) is 5.10 Å². The molecule has 4 nitrogen and oxygen atoms in total. The standard InChI is InChI=1S/C12H14FN3O/c1-2-17-12-7-9(13)3-4-11(12)14-8-10-5-6-15-16-10/h3-7,14H,2,8H2,1H3,(H,15,16). The highest BCUT2D eigenvalue weighted by atomic mass is 19.1. The van der Waals surface area contributed by atoms with Crippen molar-refractivity contribution in [3.8, 4) is 5.75 Å². The fraction of sp³-hybridized carbons (Fsp3) is 0.250. The fourth-order valence-corrected chi connectivity index (χ4v) is 1.49. The Labute approximate surface area is 98.8 Å². The van der Waals surface area contributed by atoms with E-state index in [4.69, 9.17) is 4.74 Å². The Morgan fingerprint density at radius 3 is 3.00 bits per heavy atom. The van der Waals surface area contributed by atoms with Crippen molar-refractivity contribution in [1.82, 2.24) is 10.2 Å². The molecule has 0 fully saturated rings. The summed E-state index contributed by atoms with van der Waals surface area (Å²) in [6.45, 7) is 2.96. The zero-order valence-corrected chi connectivity index (χ0v) is 9.53. The van der Waals surface area contributed by atoms with Crippen LogP contribution in [0, 0.1) is 5.82 Å². The summed E-state index contributed by atoms with van der Waals surface area (Å²) in [4.78, 5) is 0. The van der Waals surface area contributed by atoms with Gasteiger partial charge in [-0.15, -0.1) is 0 Å². The van der Waals surface area contributed by atoms with Crippen molar-refractivity contribution < 1.29 is 9.13 Å². The van der Waals surface area contributed by atoms with Crippen LogP contribution in [-0.4, -0.2) is 16.8 Å². The number of aromatic nitrogens is 2. The number of H-pyrrole nitrogens is 1. The second-order valence-electron chi connectivity index (χ2n) is 3.51. The molecular weight excluding hydrogens is 221 g/mol. The van der Waals surface area contributed by atoms with Crippen molar-refractivity contribution in [2.24, 2.45) is 0 Å². The van der Waals surface area contributed by atoms with Gasteiger partial charge < -0.3 is 10.1 Å². The van der Waals surface area contributed by atoms with Crippen molar-refractivity contribution >= 4 is 5.69 Å². The Hall–Kier alpha value is -2.04. The number of ether oxygens (including phenoxy) is 1. The maximum absolute atomic E-state index is 13.1. The highest BCUT2D eigenvalue weighted by Crippen LogP contribution is 2.25. The minimum atomic E-state index is -0.305. The topological polar surface area (TPSA) is 49.9 Å². The molecule has 2 rings (SSSR count). The number of aromatic amines is 1. The summed E-state index contributed by atoms with van der Waals surface area (Å²) >= 11 is 0. The van der Waals surface area contributed by atoms with Crippen molar-refractivity contribution in [2.75, 3.05) is 11.9 Å². The summed E-state index contributed by atoms with van der Waals surface area (Å²) in [6, 6.07) is 6.31. The lowest BCUT2D eigenvalue weighted by Gasteiger charge is -2.11. The van der Waals surface area contributed by atoms with Gasteiger partial charge in [0.15, 0.2) is 0 Å². The summed E-state index contributed by atoms with van der Waals surface area (Å²) in [5, 5.41) is 9.86. The average molecular weight is 235 g/mol. The van der Waals surface area contributed by atoms with E-state index in [1.54, 1.807) is 12.3 Å². The predicted molar refractivity (Wildman–Crippen MR) is 63.5 cm³/mol. The fourth-order valence-electron chi connectivity index (χ4n) is 1.49. The van der Waals surface area contributed by atoms with E-state index in [9.17, 15) is 4.39 Å². The minimum absolute atomic E-state index is 0.305. The molecule has 0 aliphatic carbocycles. The first-order valence-corrected chi connectivity index (χ1v) is 5.44. The van der Waals surface area contributed by atoms with Crippen molar-refractivity contribution in [1.29, 1.82) is 0 Å². The SMILES string of the molecule is CCOc1cc(F)ccc1NCc1ccn[nH]1. The lowest BCUT2D eigenvalue weighted by atomic mass is 10.2. The van der Waals surface area contributed by atoms with E-state index in [-0.39, 0.29) is 5.82 Å². The van der Waals surface area contributed by atoms with Crippen LogP contribution in [0.5, 0.6) is 5.75 Å². The molecule has 1 aromatic heterocycles. The van der Waals surface area contributed by atoms with E-state index >= 15 is 0 Å². The van der Waals surface area contributed by atoms with Gasteiger partial charge in [-0.05, 0) is 25.1 Å². The first kappa shape index (κ1) is 11.4. The molecule has 0 saturated heterocycles. The molecule has 5 heteroatoms. The van der Waals surface area contributed by atoms with Gasteiger partial charge >= 0.3 is 0 Å². The second kappa shape index (κ2) is 5.34. The molecule has 0 spiro atoms. The monoisotopic (exact) mass is 235 g/mol. The second-order valence-corrected chi connectivity index (χ2v) is 3.51. The van der Waals surface area contributed by atoms with Gasteiger partial charge in [0.1, 0.15) is 11.6 Å². The Bertz CT molecular complexity index is 471. The number of anilines is 1. The molecule has 1 aromatic carbocycles. The maximum atomic E-state index is 13.1. The summed E-state index contributed by atoms with van der Waals surface area (Å²) in [5.41, 5.74) is 1.72. The highest BCUT2D eigenvalue weighted by Gasteiger charge is 2.05. The van der Waals surface area contributed by atoms with E-state index in [1.807, 2.05) is 13.0 Å². The lowest BCUT2D eigenvalue weighted by molar-refractivity contribution is 0.339.